The van der Waals surface area contributed by atoms with E-state index in [4.69, 9.17) is 0 Å². The number of hydrogen-bond donors (Lipinski definition) is 0. The zero-order valence-electron chi connectivity index (χ0n) is 13.5. The molecule has 3 aromatic carbocycles. The Hall–Kier alpha value is -3.46. The van der Waals surface area contributed by atoms with Gasteiger partial charge in [0.05, 0.1) is 11.3 Å². The quantitative estimate of drug-likeness (QED) is 0.652. The summed E-state index contributed by atoms with van der Waals surface area (Å²) in [5.41, 5.74) is 3.96. The van der Waals surface area contributed by atoms with E-state index in [0.29, 0.717) is 11.3 Å². The number of rotatable bonds is 3. The van der Waals surface area contributed by atoms with Crippen LogP contribution >= 0.6 is 0 Å². The molecule has 3 heteroatoms. The van der Waals surface area contributed by atoms with Gasteiger partial charge in [-0.1, -0.05) is 78.9 Å². The summed E-state index contributed by atoms with van der Waals surface area (Å²) in [6.07, 6.45) is 1.90. The molecule has 0 aromatic heterocycles. The van der Waals surface area contributed by atoms with E-state index in [0.717, 1.165) is 16.8 Å². The zero-order valence-corrected chi connectivity index (χ0v) is 13.5. The summed E-state index contributed by atoms with van der Waals surface area (Å²) in [7, 11) is 0. The van der Waals surface area contributed by atoms with Crippen molar-refractivity contribution in [3.8, 4) is 0 Å². The normalized spacial score (nSPS) is 15.5. The van der Waals surface area contributed by atoms with Gasteiger partial charge in [-0.15, -0.1) is 0 Å². The second-order valence-corrected chi connectivity index (χ2v) is 5.74. The summed E-state index contributed by atoms with van der Waals surface area (Å²) in [4.78, 5) is 13.0. The lowest BCUT2D eigenvalue weighted by atomic mass is 10.0. The van der Waals surface area contributed by atoms with Crippen LogP contribution in [0.1, 0.15) is 11.1 Å². The van der Waals surface area contributed by atoms with Gasteiger partial charge >= 0.3 is 0 Å². The molecule has 1 aliphatic heterocycles. The van der Waals surface area contributed by atoms with Crippen molar-refractivity contribution in [2.45, 2.75) is 0 Å². The van der Waals surface area contributed by atoms with Crippen LogP contribution in [0.25, 0.3) is 6.08 Å². The monoisotopic (exact) mass is 324 g/mol. The van der Waals surface area contributed by atoms with E-state index >= 15 is 0 Å². The maximum absolute atomic E-state index is 13.0. The van der Waals surface area contributed by atoms with Crippen LogP contribution in [0.15, 0.2) is 102 Å². The van der Waals surface area contributed by atoms with Crippen LogP contribution in [0.4, 0.5) is 5.69 Å². The number of anilines is 1. The fraction of sp³-hybridized carbons (Fsp3) is 0. The molecule has 0 radical (unpaired) electrons. The van der Waals surface area contributed by atoms with Crippen LogP contribution in [0.2, 0.25) is 0 Å². The number of nitrogens with zero attached hydrogens (tertiary/aromatic N) is 2. The molecule has 0 unspecified atom stereocenters. The van der Waals surface area contributed by atoms with Crippen molar-refractivity contribution in [2.24, 2.45) is 5.10 Å². The second kappa shape index (κ2) is 6.57. The van der Waals surface area contributed by atoms with Crippen LogP contribution in [0, 0.1) is 0 Å². The molecule has 1 aliphatic rings. The zero-order chi connectivity index (χ0) is 17.1. The highest BCUT2D eigenvalue weighted by molar-refractivity contribution is 6.37. The van der Waals surface area contributed by atoms with E-state index in [1.807, 2.05) is 97.1 Å². The van der Waals surface area contributed by atoms with E-state index < -0.39 is 0 Å². The molecule has 120 valence electrons. The number of carbonyl (C=O) groups excluding carboxylic acids is 1. The van der Waals surface area contributed by atoms with Crippen LogP contribution in [0.3, 0.4) is 0 Å². The Kier molecular flexibility index (Phi) is 3.97. The van der Waals surface area contributed by atoms with Crippen molar-refractivity contribution in [3.05, 3.63) is 108 Å². The van der Waals surface area contributed by atoms with Gasteiger partial charge in [0.25, 0.3) is 5.91 Å². The highest BCUT2D eigenvalue weighted by Crippen LogP contribution is 2.27. The highest BCUT2D eigenvalue weighted by Gasteiger charge is 2.31. The van der Waals surface area contributed by atoms with Crippen molar-refractivity contribution in [1.82, 2.24) is 0 Å². The van der Waals surface area contributed by atoms with Gasteiger partial charge in [0.1, 0.15) is 5.71 Å². The van der Waals surface area contributed by atoms with E-state index in [2.05, 4.69) is 5.10 Å². The predicted molar refractivity (Wildman–Crippen MR) is 101 cm³/mol. The van der Waals surface area contributed by atoms with Crippen LogP contribution in [-0.4, -0.2) is 11.6 Å². The Bertz CT molecular complexity index is 945. The number of amides is 1. The van der Waals surface area contributed by atoms with Crippen molar-refractivity contribution >= 4 is 23.4 Å². The molecule has 3 nitrogen and oxygen atoms in total. The summed E-state index contributed by atoms with van der Waals surface area (Å²) in [6.45, 7) is 0. The van der Waals surface area contributed by atoms with Gasteiger partial charge in [0, 0.05) is 5.56 Å². The molecule has 0 saturated heterocycles. The summed E-state index contributed by atoms with van der Waals surface area (Å²) in [6, 6.07) is 29.1. The number of benzene rings is 3. The fourth-order valence-electron chi connectivity index (χ4n) is 2.81. The molecule has 0 aliphatic carbocycles. The summed E-state index contributed by atoms with van der Waals surface area (Å²) >= 11 is 0. The largest absolute Gasteiger partial charge is 0.281 e. The minimum absolute atomic E-state index is 0.117. The SMILES string of the molecule is O=C1/C(=C/c2ccccc2)C(c2ccccc2)=NN1c1ccccc1. The lowest BCUT2D eigenvalue weighted by Crippen LogP contribution is -2.21. The third-order valence-corrected chi connectivity index (χ3v) is 4.04. The summed E-state index contributed by atoms with van der Waals surface area (Å²) < 4.78 is 0. The molecule has 25 heavy (non-hydrogen) atoms. The van der Waals surface area contributed by atoms with Crippen molar-refractivity contribution < 1.29 is 4.79 Å². The molecule has 0 N–H and O–H groups in total. The minimum Gasteiger partial charge on any atom is -0.267 e. The molecular formula is C22H16N2O. The van der Waals surface area contributed by atoms with Crippen LogP contribution in [-0.2, 0) is 4.79 Å². The highest BCUT2D eigenvalue weighted by atomic mass is 16.2. The molecule has 0 atom stereocenters. The first kappa shape index (κ1) is 15.1. The maximum atomic E-state index is 13.0. The average molecular weight is 324 g/mol. The standard InChI is InChI=1S/C22H16N2O/c25-22-20(16-17-10-4-1-5-11-17)21(18-12-6-2-7-13-18)23-24(22)19-14-8-3-9-15-19/h1-16H/b20-16+. The first-order valence-electron chi connectivity index (χ1n) is 8.13. The van der Waals surface area contributed by atoms with E-state index in [9.17, 15) is 4.79 Å². The number of hydrogen-bond acceptors (Lipinski definition) is 2. The number of hydrazone groups is 1. The van der Waals surface area contributed by atoms with Crippen molar-refractivity contribution in [2.75, 3.05) is 5.01 Å². The van der Waals surface area contributed by atoms with E-state index in [1.165, 1.54) is 5.01 Å². The minimum atomic E-state index is -0.117. The molecule has 4 rings (SSSR count). The van der Waals surface area contributed by atoms with Gasteiger partial charge in [0.15, 0.2) is 0 Å². The Balaban J connectivity index is 1.83. The molecule has 0 spiro atoms. The Labute approximate surface area is 146 Å². The summed E-state index contributed by atoms with van der Waals surface area (Å²) in [5.74, 6) is -0.117. The Morgan fingerprint density at radius 2 is 1.28 bits per heavy atom. The smallest absolute Gasteiger partial charge is 0.267 e. The van der Waals surface area contributed by atoms with E-state index in [1.54, 1.807) is 0 Å². The summed E-state index contributed by atoms with van der Waals surface area (Å²) in [5, 5.41) is 6.09. The topological polar surface area (TPSA) is 32.7 Å². The Morgan fingerprint density at radius 3 is 1.92 bits per heavy atom. The van der Waals surface area contributed by atoms with Gasteiger partial charge in [-0.25, -0.2) is 0 Å². The van der Waals surface area contributed by atoms with Crippen LogP contribution in [0.5, 0.6) is 0 Å². The maximum Gasteiger partial charge on any atom is 0.281 e. The molecular weight excluding hydrogens is 308 g/mol. The lowest BCUT2D eigenvalue weighted by molar-refractivity contribution is -0.114. The lowest BCUT2D eigenvalue weighted by Gasteiger charge is -2.10. The average Bonchev–Trinajstić information content (AvgIpc) is 3.01. The predicted octanol–water partition coefficient (Wildman–Crippen LogP) is 4.52. The molecule has 0 saturated carbocycles. The molecule has 1 amide bonds. The molecule has 0 bridgehead atoms. The fourth-order valence-corrected chi connectivity index (χ4v) is 2.81. The van der Waals surface area contributed by atoms with Gasteiger partial charge in [-0.05, 0) is 23.8 Å². The Morgan fingerprint density at radius 1 is 0.720 bits per heavy atom. The third-order valence-electron chi connectivity index (χ3n) is 4.04. The van der Waals surface area contributed by atoms with Gasteiger partial charge in [-0.2, -0.15) is 10.1 Å². The molecule has 3 aromatic rings. The number of para-hydroxylation sites is 1. The van der Waals surface area contributed by atoms with Gasteiger partial charge in [0.2, 0.25) is 0 Å². The van der Waals surface area contributed by atoms with E-state index in [-0.39, 0.29) is 5.91 Å². The molecule has 0 fully saturated rings. The van der Waals surface area contributed by atoms with Crippen LogP contribution < -0.4 is 5.01 Å². The van der Waals surface area contributed by atoms with Gasteiger partial charge in [-0.3, -0.25) is 4.79 Å². The van der Waals surface area contributed by atoms with Gasteiger partial charge < -0.3 is 0 Å². The second-order valence-electron chi connectivity index (χ2n) is 5.74. The van der Waals surface area contributed by atoms with Crippen molar-refractivity contribution in [3.63, 3.8) is 0 Å². The first-order valence-corrected chi connectivity index (χ1v) is 8.13. The van der Waals surface area contributed by atoms with Crippen molar-refractivity contribution in [1.29, 1.82) is 0 Å². The number of carbonyl (C=O) groups is 1. The third kappa shape index (κ3) is 3.00. The first-order chi connectivity index (χ1) is 12.3. The molecule has 1 heterocycles.